The summed E-state index contributed by atoms with van der Waals surface area (Å²) in [5.41, 5.74) is 6.44. The molecule has 1 aliphatic carbocycles. The summed E-state index contributed by atoms with van der Waals surface area (Å²) in [6.45, 7) is 0. The van der Waals surface area contributed by atoms with Crippen molar-refractivity contribution >= 4 is 21.5 Å². The third kappa shape index (κ3) is 2.58. The highest BCUT2D eigenvalue weighted by Crippen LogP contribution is 2.30. The van der Waals surface area contributed by atoms with E-state index >= 15 is 0 Å². The second kappa shape index (κ2) is 5.70. The van der Waals surface area contributed by atoms with Crippen LogP contribution in [-0.4, -0.2) is 31.8 Å². The van der Waals surface area contributed by atoms with Crippen LogP contribution < -0.4 is 10.0 Å². The van der Waals surface area contributed by atoms with Crippen LogP contribution in [0.15, 0.2) is 29.4 Å². The van der Waals surface area contributed by atoms with E-state index in [0.29, 0.717) is 24.1 Å². The Balaban J connectivity index is 2.41. The zero-order chi connectivity index (χ0) is 14.8. The number of anilines is 1. The SMILES string of the molecule is CN(c1ccccc1/C(N)=N/O)S(=O)(=O)C1CCCC1. The standard InChI is InChI=1S/C13H19N3O3S/c1-16(20(18,19)10-6-2-3-7-10)12-9-5-4-8-11(12)13(14)15-17/h4-5,8-10,17H,2-3,6-7H2,1H3,(H2,14,15). The lowest BCUT2D eigenvalue weighted by Gasteiger charge is -2.25. The van der Waals surface area contributed by atoms with E-state index in [-0.39, 0.29) is 11.1 Å². The minimum atomic E-state index is -3.41. The van der Waals surface area contributed by atoms with Crippen LogP contribution in [-0.2, 0) is 10.0 Å². The van der Waals surface area contributed by atoms with Gasteiger partial charge in [-0.05, 0) is 25.0 Å². The van der Waals surface area contributed by atoms with E-state index in [1.54, 1.807) is 24.3 Å². The summed E-state index contributed by atoms with van der Waals surface area (Å²) in [7, 11) is -1.90. The van der Waals surface area contributed by atoms with Crippen LogP contribution in [0.1, 0.15) is 31.2 Å². The number of benzene rings is 1. The maximum Gasteiger partial charge on any atom is 0.237 e. The van der Waals surface area contributed by atoms with Crippen molar-refractivity contribution in [1.29, 1.82) is 0 Å². The molecule has 2 rings (SSSR count). The lowest BCUT2D eigenvalue weighted by Crippen LogP contribution is -2.36. The van der Waals surface area contributed by atoms with Gasteiger partial charge in [0.05, 0.1) is 10.9 Å². The zero-order valence-corrected chi connectivity index (χ0v) is 12.2. The molecule has 0 aromatic heterocycles. The number of hydrogen-bond acceptors (Lipinski definition) is 4. The predicted molar refractivity (Wildman–Crippen MR) is 78.5 cm³/mol. The molecule has 0 atom stereocenters. The molecule has 0 bridgehead atoms. The number of rotatable bonds is 4. The molecule has 1 aromatic rings. The lowest BCUT2D eigenvalue weighted by atomic mass is 10.1. The third-order valence-corrected chi connectivity index (χ3v) is 6.01. The first-order chi connectivity index (χ1) is 9.48. The van der Waals surface area contributed by atoms with Crippen LogP contribution in [0.2, 0.25) is 0 Å². The fourth-order valence-corrected chi connectivity index (χ4v) is 4.38. The Labute approximate surface area is 118 Å². The van der Waals surface area contributed by atoms with Gasteiger partial charge in [0.2, 0.25) is 10.0 Å². The molecule has 0 spiro atoms. The first kappa shape index (κ1) is 14.6. The minimum Gasteiger partial charge on any atom is -0.409 e. The van der Waals surface area contributed by atoms with Gasteiger partial charge in [-0.2, -0.15) is 0 Å². The smallest absolute Gasteiger partial charge is 0.237 e. The average Bonchev–Trinajstić information content (AvgIpc) is 3.00. The number of hydrogen-bond donors (Lipinski definition) is 2. The summed E-state index contributed by atoms with van der Waals surface area (Å²) in [6.07, 6.45) is 3.27. The quantitative estimate of drug-likeness (QED) is 0.381. The van der Waals surface area contributed by atoms with E-state index in [1.165, 1.54) is 11.4 Å². The summed E-state index contributed by atoms with van der Waals surface area (Å²) in [5, 5.41) is 11.4. The molecule has 1 aliphatic rings. The Morgan fingerprint density at radius 1 is 1.35 bits per heavy atom. The molecular weight excluding hydrogens is 278 g/mol. The molecular formula is C13H19N3O3S. The molecule has 6 nitrogen and oxygen atoms in total. The molecule has 110 valence electrons. The van der Waals surface area contributed by atoms with Crippen molar-refractivity contribution in [3.05, 3.63) is 29.8 Å². The van der Waals surface area contributed by atoms with Crippen molar-refractivity contribution in [1.82, 2.24) is 0 Å². The highest BCUT2D eigenvalue weighted by Gasteiger charge is 2.33. The maximum absolute atomic E-state index is 12.6. The van der Waals surface area contributed by atoms with Crippen LogP contribution in [0.5, 0.6) is 0 Å². The van der Waals surface area contributed by atoms with Crippen molar-refractivity contribution in [3.63, 3.8) is 0 Å². The Morgan fingerprint density at radius 3 is 2.55 bits per heavy atom. The fourth-order valence-electron chi connectivity index (χ4n) is 2.57. The van der Waals surface area contributed by atoms with Crippen LogP contribution in [0.3, 0.4) is 0 Å². The molecule has 1 aromatic carbocycles. The van der Waals surface area contributed by atoms with Gasteiger partial charge in [0.25, 0.3) is 0 Å². The fraction of sp³-hybridized carbons (Fsp3) is 0.462. The Kier molecular flexibility index (Phi) is 4.17. The molecule has 0 radical (unpaired) electrons. The lowest BCUT2D eigenvalue weighted by molar-refractivity contribution is 0.318. The van der Waals surface area contributed by atoms with Crippen molar-refractivity contribution in [2.45, 2.75) is 30.9 Å². The highest BCUT2D eigenvalue weighted by molar-refractivity contribution is 7.93. The van der Waals surface area contributed by atoms with Gasteiger partial charge in [0, 0.05) is 12.6 Å². The summed E-state index contributed by atoms with van der Waals surface area (Å²) >= 11 is 0. The maximum atomic E-state index is 12.6. The Bertz CT molecular complexity index is 607. The van der Waals surface area contributed by atoms with Crippen LogP contribution in [0, 0.1) is 0 Å². The van der Waals surface area contributed by atoms with E-state index in [1.807, 2.05) is 0 Å². The van der Waals surface area contributed by atoms with E-state index < -0.39 is 10.0 Å². The minimum absolute atomic E-state index is 0.103. The number of nitrogens with zero attached hydrogens (tertiary/aromatic N) is 2. The van der Waals surface area contributed by atoms with Gasteiger partial charge in [-0.3, -0.25) is 4.31 Å². The van der Waals surface area contributed by atoms with E-state index in [2.05, 4.69) is 5.16 Å². The van der Waals surface area contributed by atoms with Crippen LogP contribution in [0.4, 0.5) is 5.69 Å². The molecule has 0 heterocycles. The number of sulfonamides is 1. The highest BCUT2D eigenvalue weighted by atomic mass is 32.2. The molecule has 1 saturated carbocycles. The molecule has 0 aliphatic heterocycles. The van der Waals surface area contributed by atoms with Crippen molar-refractivity contribution in [2.24, 2.45) is 10.9 Å². The van der Waals surface area contributed by atoms with Crippen LogP contribution in [0.25, 0.3) is 0 Å². The van der Waals surface area contributed by atoms with Gasteiger partial charge in [-0.15, -0.1) is 0 Å². The predicted octanol–water partition coefficient (Wildman–Crippen LogP) is 1.49. The first-order valence-corrected chi connectivity index (χ1v) is 8.03. The topological polar surface area (TPSA) is 96.0 Å². The van der Waals surface area contributed by atoms with Gasteiger partial charge < -0.3 is 10.9 Å². The molecule has 0 amide bonds. The number of para-hydroxylation sites is 1. The molecule has 0 unspecified atom stereocenters. The van der Waals surface area contributed by atoms with E-state index in [4.69, 9.17) is 10.9 Å². The molecule has 1 fully saturated rings. The van der Waals surface area contributed by atoms with Crippen molar-refractivity contribution < 1.29 is 13.6 Å². The van der Waals surface area contributed by atoms with E-state index in [0.717, 1.165) is 12.8 Å². The second-order valence-corrected chi connectivity index (χ2v) is 7.17. The normalized spacial score (nSPS) is 17.4. The summed E-state index contributed by atoms with van der Waals surface area (Å²) in [5.74, 6) is -0.103. The van der Waals surface area contributed by atoms with E-state index in [9.17, 15) is 8.42 Å². The van der Waals surface area contributed by atoms with Gasteiger partial charge in [-0.25, -0.2) is 8.42 Å². The molecule has 20 heavy (non-hydrogen) atoms. The van der Waals surface area contributed by atoms with Gasteiger partial charge in [0.15, 0.2) is 5.84 Å². The van der Waals surface area contributed by atoms with Gasteiger partial charge >= 0.3 is 0 Å². The Hall–Kier alpha value is -1.76. The van der Waals surface area contributed by atoms with Crippen molar-refractivity contribution in [3.8, 4) is 0 Å². The first-order valence-electron chi connectivity index (χ1n) is 6.53. The number of nitrogens with two attached hydrogens (primary N) is 1. The summed E-state index contributed by atoms with van der Waals surface area (Å²) in [6, 6.07) is 6.72. The zero-order valence-electron chi connectivity index (χ0n) is 11.4. The largest absolute Gasteiger partial charge is 0.409 e. The third-order valence-electron chi connectivity index (χ3n) is 3.73. The Morgan fingerprint density at radius 2 is 1.95 bits per heavy atom. The van der Waals surface area contributed by atoms with Crippen molar-refractivity contribution in [2.75, 3.05) is 11.4 Å². The van der Waals surface area contributed by atoms with Gasteiger partial charge in [-0.1, -0.05) is 30.1 Å². The molecule has 0 saturated heterocycles. The second-order valence-electron chi connectivity index (χ2n) is 4.92. The summed E-state index contributed by atoms with van der Waals surface area (Å²) in [4.78, 5) is 0. The number of amidine groups is 1. The average molecular weight is 297 g/mol. The molecule has 3 N–H and O–H groups in total. The monoisotopic (exact) mass is 297 g/mol. The van der Waals surface area contributed by atoms with Gasteiger partial charge in [0.1, 0.15) is 0 Å². The van der Waals surface area contributed by atoms with Crippen LogP contribution >= 0.6 is 0 Å². The molecule has 7 heteroatoms. The summed E-state index contributed by atoms with van der Waals surface area (Å²) < 4.78 is 26.4. The number of oxime groups is 1.